The molecular formula is C25H33N9O. The molecule has 0 unspecified atom stereocenters. The van der Waals surface area contributed by atoms with Crippen LogP contribution in [0.3, 0.4) is 0 Å². The van der Waals surface area contributed by atoms with Crippen LogP contribution in [0.15, 0.2) is 31.0 Å². The summed E-state index contributed by atoms with van der Waals surface area (Å²) < 4.78 is 1.97. The second kappa shape index (κ2) is 9.30. The summed E-state index contributed by atoms with van der Waals surface area (Å²) in [7, 11) is 0. The van der Waals surface area contributed by atoms with Crippen molar-refractivity contribution in [2.75, 3.05) is 26.2 Å². The summed E-state index contributed by atoms with van der Waals surface area (Å²) in [6, 6.07) is 4.94. The number of hydrogen-bond donors (Lipinski definition) is 2. The van der Waals surface area contributed by atoms with E-state index in [-0.39, 0.29) is 17.6 Å². The monoisotopic (exact) mass is 475 g/mol. The molecule has 184 valence electrons. The fraction of sp³-hybridized carbons (Fsp3) is 0.560. The topological polar surface area (TPSA) is 119 Å². The van der Waals surface area contributed by atoms with Gasteiger partial charge in [-0.15, -0.1) is 0 Å². The van der Waals surface area contributed by atoms with Gasteiger partial charge in [0.25, 0.3) is 0 Å². The molecule has 1 saturated heterocycles. The highest BCUT2D eigenvalue weighted by atomic mass is 16.2. The van der Waals surface area contributed by atoms with Crippen molar-refractivity contribution < 1.29 is 4.79 Å². The van der Waals surface area contributed by atoms with E-state index in [1.165, 1.54) is 0 Å². The quantitative estimate of drug-likeness (QED) is 0.566. The van der Waals surface area contributed by atoms with Crippen LogP contribution >= 0.6 is 0 Å². The normalized spacial score (nSPS) is 23.7. The van der Waals surface area contributed by atoms with Gasteiger partial charge in [-0.05, 0) is 31.7 Å². The van der Waals surface area contributed by atoms with E-state index in [2.05, 4.69) is 50.2 Å². The van der Waals surface area contributed by atoms with Gasteiger partial charge in [0.1, 0.15) is 12.0 Å². The van der Waals surface area contributed by atoms with E-state index in [0.29, 0.717) is 18.4 Å². The minimum Gasteiger partial charge on any atom is -0.346 e. The van der Waals surface area contributed by atoms with Gasteiger partial charge >= 0.3 is 6.03 Å². The number of H-pyrrole nitrogens is 1. The number of nitrogens with zero attached hydrogens (tertiary/aromatic N) is 7. The summed E-state index contributed by atoms with van der Waals surface area (Å²) in [5.41, 5.74) is 2.26. The van der Waals surface area contributed by atoms with Gasteiger partial charge in [-0.2, -0.15) is 10.4 Å². The van der Waals surface area contributed by atoms with E-state index in [1.54, 1.807) is 6.33 Å². The molecular weight excluding hydrogens is 442 g/mol. The average Bonchev–Trinajstić information content (AvgIpc) is 3.51. The summed E-state index contributed by atoms with van der Waals surface area (Å²) in [6.07, 6.45) is 9.43. The van der Waals surface area contributed by atoms with Gasteiger partial charge in [0.05, 0.1) is 29.9 Å². The maximum absolute atomic E-state index is 12.6. The Labute approximate surface area is 205 Å². The lowest BCUT2D eigenvalue weighted by molar-refractivity contribution is -0.0131. The van der Waals surface area contributed by atoms with E-state index >= 15 is 0 Å². The van der Waals surface area contributed by atoms with Gasteiger partial charge in [0, 0.05) is 61.6 Å². The Morgan fingerprint density at radius 2 is 2.03 bits per heavy atom. The summed E-state index contributed by atoms with van der Waals surface area (Å²) in [5.74, 6) is 0.412. The molecule has 10 nitrogen and oxygen atoms in total. The minimum atomic E-state index is -0.302. The van der Waals surface area contributed by atoms with E-state index in [1.807, 2.05) is 41.2 Å². The van der Waals surface area contributed by atoms with E-state index in [0.717, 1.165) is 61.3 Å². The molecule has 2 fully saturated rings. The van der Waals surface area contributed by atoms with Crippen molar-refractivity contribution >= 4 is 17.1 Å². The van der Waals surface area contributed by atoms with Gasteiger partial charge in [-0.3, -0.25) is 9.58 Å². The van der Waals surface area contributed by atoms with Crippen molar-refractivity contribution in [3.63, 3.8) is 0 Å². The summed E-state index contributed by atoms with van der Waals surface area (Å²) in [4.78, 5) is 28.8. The Morgan fingerprint density at radius 1 is 1.26 bits per heavy atom. The third kappa shape index (κ3) is 4.36. The van der Waals surface area contributed by atoms with Crippen molar-refractivity contribution in [1.29, 1.82) is 5.26 Å². The SMILES string of the molecule is CC(C)[C@@H](C)NC(=O)N1CCN([C@H]2C[C@](CC#N)(n3cc(-c4ncnc5[nH]ccc45)cn3)C2)CC1. The molecule has 1 aliphatic carbocycles. The maximum atomic E-state index is 12.6. The second-order valence-corrected chi connectivity index (χ2v) is 10.3. The molecule has 2 aliphatic rings. The molecule has 2 amide bonds. The molecule has 0 radical (unpaired) electrons. The summed E-state index contributed by atoms with van der Waals surface area (Å²) in [6.45, 7) is 9.44. The third-order valence-electron chi connectivity index (χ3n) is 7.80. The number of nitriles is 1. The van der Waals surface area contributed by atoms with Gasteiger partial charge in [-0.1, -0.05) is 13.8 Å². The van der Waals surface area contributed by atoms with Crippen LogP contribution in [0.2, 0.25) is 0 Å². The number of urea groups is 1. The number of carbonyl (C=O) groups excluding carboxylic acids is 1. The Bertz CT molecular complexity index is 1230. The molecule has 35 heavy (non-hydrogen) atoms. The molecule has 0 bridgehead atoms. The molecule has 2 N–H and O–H groups in total. The van der Waals surface area contributed by atoms with Crippen LogP contribution in [0, 0.1) is 17.2 Å². The van der Waals surface area contributed by atoms with Crippen molar-refractivity contribution in [2.24, 2.45) is 5.92 Å². The molecule has 3 aromatic heterocycles. The fourth-order valence-electron chi connectivity index (χ4n) is 5.18. The first kappa shape index (κ1) is 23.3. The number of aromatic nitrogens is 5. The Hall–Kier alpha value is -3.45. The number of carbonyl (C=O) groups is 1. The molecule has 5 rings (SSSR count). The van der Waals surface area contributed by atoms with Gasteiger partial charge in [-0.25, -0.2) is 14.8 Å². The molecule has 4 heterocycles. The van der Waals surface area contributed by atoms with Crippen molar-refractivity contribution in [3.8, 4) is 17.3 Å². The summed E-state index contributed by atoms with van der Waals surface area (Å²) >= 11 is 0. The molecule has 1 aliphatic heterocycles. The predicted molar refractivity (Wildman–Crippen MR) is 132 cm³/mol. The smallest absolute Gasteiger partial charge is 0.317 e. The van der Waals surface area contributed by atoms with E-state index in [4.69, 9.17) is 0 Å². The Morgan fingerprint density at radius 3 is 2.74 bits per heavy atom. The second-order valence-electron chi connectivity index (χ2n) is 10.3. The Balaban J connectivity index is 1.23. The van der Waals surface area contributed by atoms with Crippen LogP contribution in [0.4, 0.5) is 4.79 Å². The zero-order valence-electron chi connectivity index (χ0n) is 20.6. The first-order chi connectivity index (χ1) is 16.9. The third-order valence-corrected chi connectivity index (χ3v) is 7.80. The van der Waals surface area contributed by atoms with Gasteiger partial charge in [0.15, 0.2) is 0 Å². The molecule has 0 spiro atoms. The largest absolute Gasteiger partial charge is 0.346 e. The average molecular weight is 476 g/mol. The number of amides is 2. The number of hydrogen-bond acceptors (Lipinski definition) is 6. The van der Waals surface area contributed by atoms with Crippen LogP contribution in [0.25, 0.3) is 22.3 Å². The van der Waals surface area contributed by atoms with Crippen LogP contribution in [0.1, 0.15) is 40.0 Å². The van der Waals surface area contributed by atoms with E-state index in [9.17, 15) is 10.1 Å². The van der Waals surface area contributed by atoms with E-state index < -0.39 is 0 Å². The first-order valence-electron chi connectivity index (χ1n) is 12.4. The number of piperazine rings is 1. The van der Waals surface area contributed by atoms with Crippen LogP contribution in [0.5, 0.6) is 0 Å². The molecule has 1 atom stereocenters. The summed E-state index contributed by atoms with van der Waals surface area (Å²) in [5, 5.41) is 18.3. The number of fused-ring (bicyclic) bond motifs is 1. The highest BCUT2D eigenvalue weighted by Crippen LogP contribution is 2.45. The van der Waals surface area contributed by atoms with Crippen molar-refractivity contribution in [2.45, 2.75) is 57.7 Å². The highest BCUT2D eigenvalue weighted by molar-refractivity contribution is 5.90. The number of nitrogens with one attached hydrogen (secondary N) is 2. The van der Waals surface area contributed by atoms with Crippen LogP contribution < -0.4 is 5.32 Å². The molecule has 3 aromatic rings. The minimum absolute atomic E-state index is 0.0311. The molecule has 1 saturated carbocycles. The van der Waals surface area contributed by atoms with Gasteiger partial charge in [0.2, 0.25) is 0 Å². The number of aromatic amines is 1. The van der Waals surface area contributed by atoms with Crippen molar-refractivity contribution in [3.05, 3.63) is 31.0 Å². The lowest BCUT2D eigenvalue weighted by Gasteiger charge is -2.52. The molecule has 0 aromatic carbocycles. The standard InChI is InChI=1S/C25H33N9O/c1-17(2)18(3)31-24(35)33-10-8-32(9-11-33)20-12-25(13-20,5-6-26)34-15-19(14-30-34)22-21-4-7-27-23(21)29-16-28-22/h4,7,14-18,20H,5,8-13H2,1-3H3,(H,31,35)(H,27,28,29)/t18-,20-,25-/m1/s1. The number of rotatable bonds is 6. The van der Waals surface area contributed by atoms with Crippen molar-refractivity contribution in [1.82, 2.24) is 39.8 Å². The Kier molecular flexibility index (Phi) is 6.19. The zero-order valence-corrected chi connectivity index (χ0v) is 20.6. The van der Waals surface area contributed by atoms with Gasteiger partial charge < -0.3 is 15.2 Å². The molecule has 10 heteroatoms. The first-order valence-corrected chi connectivity index (χ1v) is 12.4. The predicted octanol–water partition coefficient (Wildman–Crippen LogP) is 2.96. The zero-order chi connectivity index (χ0) is 24.6. The lowest BCUT2D eigenvalue weighted by Crippen LogP contribution is -2.61. The van der Waals surface area contributed by atoms with Crippen LogP contribution in [-0.2, 0) is 5.54 Å². The fourth-order valence-corrected chi connectivity index (χ4v) is 5.18. The highest BCUT2D eigenvalue weighted by Gasteiger charge is 2.49. The van der Waals surface area contributed by atoms with Crippen LogP contribution in [-0.4, -0.2) is 78.8 Å². The maximum Gasteiger partial charge on any atom is 0.317 e. The lowest BCUT2D eigenvalue weighted by atomic mass is 9.70.